The smallest absolute Gasteiger partial charge is 0.360 e. The van der Waals surface area contributed by atoms with Crippen LogP contribution in [-0.2, 0) is 4.74 Å². The van der Waals surface area contributed by atoms with Crippen molar-refractivity contribution in [1.82, 2.24) is 4.98 Å². The van der Waals surface area contributed by atoms with Gasteiger partial charge in [-0.25, -0.2) is 9.78 Å². The molecule has 5 heteroatoms. The summed E-state index contributed by atoms with van der Waals surface area (Å²) in [5.41, 5.74) is -0.00365. The molecule has 0 radical (unpaired) electrons. The van der Waals surface area contributed by atoms with E-state index in [-0.39, 0.29) is 11.4 Å². The zero-order valence-electron chi connectivity index (χ0n) is 9.47. The molecule has 2 aromatic heterocycles. The number of carbonyl (C=O) groups is 1. The van der Waals surface area contributed by atoms with Gasteiger partial charge in [0.15, 0.2) is 11.4 Å². The first-order valence-electron chi connectivity index (χ1n) is 5.46. The van der Waals surface area contributed by atoms with Gasteiger partial charge in [-0.2, -0.15) is 0 Å². The number of aromatic nitrogens is 1. The maximum atomic E-state index is 11.7. The van der Waals surface area contributed by atoms with Crippen molar-refractivity contribution in [3.8, 4) is 5.75 Å². The van der Waals surface area contributed by atoms with Crippen molar-refractivity contribution < 1.29 is 14.6 Å². The molecule has 0 aliphatic carbocycles. The molecule has 0 aromatic carbocycles. The third-order valence-electron chi connectivity index (χ3n) is 2.39. The minimum absolute atomic E-state index is 0.00365. The van der Waals surface area contributed by atoms with E-state index in [4.69, 9.17) is 4.74 Å². The number of aromatic hydroxyl groups is 1. The quantitative estimate of drug-likeness (QED) is 0.670. The van der Waals surface area contributed by atoms with E-state index in [1.54, 1.807) is 6.20 Å². The Morgan fingerprint density at radius 1 is 1.59 bits per heavy atom. The Morgan fingerprint density at radius 3 is 3.18 bits per heavy atom. The molecular weight excluding hydrogens is 238 g/mol. The molecule has 0 fully saturated rings. The van der Waals surface area contributed by atoms with Crippen molar-refractivity contribution in [3.63, 3.8) is 0 Å². The summed E-state index contributed by atoms with van der Waals surface area (Å²) in [5.74, 6) is -0.648. The van der Waals surface area contributed by atoms with E-state index in [0.717, 1.165) is 18.2 Å². The molecule has 17 heavy (non-hydrogen) atoms. The lowest BCUT2D eigenvalue weighted by molar-refractivity contribution is 0.0489. The molecule has 0 amide bonds. The van der Waals surface area contributed by atoms with Gasteiger partial charge in [0.1, 0.15) is 0 Å². The summed E-state index contributed by atoms with van der Waals surface area (Å²) in [6.07, 6.45) is 3.34. The second-order valence-electron chi connectivity index (χ2n) is 3.65. The molecule has 90 valence electrons. The van der Waals surface area contributed by atoms with Crippen LogP contribution in [0.5, 0.6) is 5.75 Å². The van der Waals surface area contributed by atoms with Crippen LogP contribution < -0.4 is 0 Å². The third-order valence-corrected chi connectivity index (χ3v) is 3.33. The lowest BCUT2D eigenvalue weighted by Crippen LogP contribution is -2.08. The van der Waals surface area contributed by atoms with Gasteiger partial charge in [0.25, 0.3) is 0 Å². The Kier molecular flexibility index (Phi) is 3.58. The number of unbranched alkanes of at least 4 members (excludes halogenated alkanes) is 1. The number of nitrogens with zero attached hydrogens (tertiary/aromatic N) is 1. The number of hydrogen-bond donors (Lipinski definition) is 1. The highest BCUT2D eigenvalue weighted by Crippen LogP contribution is 2.31. The summed E-state index contributed by atoms with van der Waals surface area (Å²) >= 11 is 1.38. The molecule has 0 saturated carbocycles. The number of ether oxygens (including phenoxy) is 1. The van der Waals surface area contributed by atoms with Crippen LogP contribution in [0.2, 0.25) is 0 Å². The van der Waals surface area contributed by atoms with Crippen molar-refractivity contribution in [1.29, 1.82) is 0 Å². The van der Waals surface area contributed by atoms with E-state index in [2.05, 4.69) is 4.98 Å². The Morgan fingerprint density at radius 2 is 2.41 bits per heavy atom. The summed E-state index contributed by atoms with van der Waals surface area (Å²) in [4.78, 5) is 15.6. The highest BCUT2D eigenvalue weighted by atomic mass is 32.1. The molecule has 1 N–H and O–H groups in total. The van der Waals surface area contributed by atoms with Gasteiger partial charge in [-0.15, -0.1) is 11.3 Å². The summed E-state index contributed by atoms with van der Waals surface area (Å²) in [6, 6.07) is 1.85. The zero-order valence-corrected chi connectivity index (χ0v) is 10.3. The van der Waals surface area contributed by atoms with E-state index in [1.807, 2.05) is 18.4 Å². The van der Waals surface area contributed by atoms with E-state index in [1.165, 1.54) is 11.3 Å². The molecule has 0 unspecified atom stereocenters. The average Bonchev–Trinajstić information content (AvgIpc) is 2.78. The van der Waals surface area contributed by atoms with Crippen LogP contribution in [0, 0.1) is 0 Å². The van der Waals surface area contributed by atoms with E-state index < -0.39 is 5.97 Å². The van der Waals surface area contributed by atoms with Crippen molar-refractivity contribution >= 4 is 27.4 Å². The Labute approximate surface area is 103 Å². The van der Waals surface area contributed by atoms with Crippen molar-refractivity contribution in [2.24, 2.45) is 0 Å². The van der Waals surface area contributed by atoms with E-state index in [0.29, 0.717) is 11.3 Å². The minimum Gasteiger partial charge on any atom is -0.504 e. The average molecular weight is 251 g/mol. The topological polar surface area (TPSA) is 59.4 Å². The molecule has 0 aliphatic rings. The zero-order chi connectivity index (χ0) is 12.3. The first-order chi connectivity index (χ1) is 8.24. The summed E-state index contributed by atoms with van der Waals surface area (Å²) in [6.45, 7) is 2.38. The lowest BCUT2D eigenvalue weighted by atomic mass is 10.2. The molecule has 2 aromatic rings. The maximum Gasteiger partial charge on any atom is 0.360 e. The minimum atomic E-state index is -0.564. The first-order valence-corrected chi connectivity index (χ1v) is 6.34. The van der Waals surface area contributed by atoms with Gasteiger partial charge < -0.3 is 9.84 Å². The number of esters is 1. The van der Waals surface area contributed by atoms with Crippen LogP contribution in [-0.4, -0.2) is 22.7 Å². The standard InChI is InChI=1S/C12H13NO3S/c1-2-3-5-16-12(15)9-10(14)11-8(7-13-9)4-6-17-11/h4,6-7,14H,2-3,5H2,1H3. The van der Waals surface area contributed by atoms with Crippen molar-refractivity contribution in [3.05, 3.63) is 23.3 Å². The Balaban J connectivity index is 2.23. The monoisotopic (exact) mass is 251 g/mol. The lowest BCUT2D eigenvalue weighted by Gasteiger charge is -2.05. The molecular formula is C12H13NO3S. The third kappa shape index (κ3) is 2.39. The Bertz CT molecular complexity index is 536. The number of thiophene rings is 1. The van der Waals surface area contributed by atoms with E-state index in [9.17, 15) is 9.90 Å². The number of rotatable bonds is 4. The van der Waals surface area contributed by atoms with Gasteiger partial charge in [0, 0.05) is 11.6 Å². The van der Waals surface area contributed by atoms with Gasteiger partial charge in [-0.3, -0.25) is 0 Å². The normalized spacial score (nSPS) is 10.6. The van der Waals surface area contributed by atoms with E-state index >= 15 is 0 Å². The highest BCUT2D eigenvalue weighted by Gasteiger charge is 2.17. The predicted molar refractivity (Wildman–Crippen MR) is 66.5 cm³/mol. The van der Waals surface area contributed by atoms with Crippen LogP contribution in [0.25, 0.3) is 10.1 Å². The van der Waals surface area contributed by atoms with Gasteiger partial charge >= 0.3 is 5.97 Å². The largest absolute Gasteiger partial charge is 0.504 e. The fourth-order valence-electron chi connectivity index (χ4n) is 1.44. The van der Waals surface area contributed by atoms with Crippen LogP contribution in [0.15, 0.2) is 17.6 Å². The summed E-state index contributed by atoms with van der Waals surface area (Å²) in [7, 11) is 0. The number of pyridine rings is 1. The molecule has 4 nitrogen and oxygen atoms in total. The fraction of sp³-hybridized carbons (Fsp3) is 0.333. The SMILES string of the molecule is CCCCOC(=O)c1ncc2ccsc2c1O. The molecule has 2 rings (SSSR count). The molecule has 0 aliphatic heterocycles. The van der Waals surface area contributed by atoms with Crippen LogP contribution in [0.1, 0.15) is 30.3 Å². The number of hydrogen-bond acceptors (Lipinski definition) is 5. The van der Waals surface area contributed by atoms with Crippen LogP contribution >= 0.6 is 11.3 Å². The second kappa shape index (κ2) is 5.14. The molecule has 0 spiro atoms. The first kappa shape index (κ1) is 11.9. The van der Waals surface area contributed by atoms with Crippen LogP contribution in [0.3, 0.4) is 0 Å². The highest BCUT2D eigenvalue weighted by molar-refractivity contribution is 7.17. The van der Waals surface area contributed by atoms with Crippen molar-refractivity contribution in [2.45, 2.75) is 19.8 Å². The summed E-state index contributed by atoms with van der Waals surface area (Å²) in [5, 5.41) is 12.6. The number of carbonyl (C=O) groups excluding carboxylic acids is 1. The maximum absolute atomic E-state index is 11.7. The van der Waals surface area contributed by atoms with Crippen molar-refractivity contribution in [2.75, 3.05) is 6.61 Å². The second-order valence-corrected chi connectivity index (χ2v) is 4.57. The van der Waals surface area contributed by atoms with Gasteiger partial charge in [0.2, 0.25) is 0 Å². The number of fused-ring (bicyclic) bond motifs is 1. The van der Waals surface area contributed by atoms with Gasteiger partial charge in [-0.05, 0) is 17.9 Å². The fourth-order valence-corrected chi connectivity index (χ4v) is 2.26. The van der Waals surface area contributed by atoms with Gasteiger partial charge in [0.05, 0.1) is 11.3 Å². The Hall–Kier alpha value is -1.62. The predicted octanol–water partition coefficient (Wildman–Crippen LogP) is 2.96. The molecule has 0 atom stereocenters. The molecule has 0 saturated heterocycles. The van der Waals surface area contributed by atoms with Gasteiger partial charge in [-0.1, -0.05) is 13.3 Å². The summed E-state index contributed by atoms with van der Waals surface area (Å²) < 4.78 is 5.69. The van der Waals surface area contributed by atoms with Crippen LogP contribution in [0.4, 0.5) is 0 Å². The molecule has 0 bridgehead atoms. The molecule has 2 heterocycles.